The lowest BCUT2D eigenvalue weighted by Gasteiger charge is -2.26. The molecule has 7 rings (SSSR count). The second kappa shape index (κ2) is 12.8. The first-order valence-corrected chi connectivity index (χ1v) is 15.9. The number of nitrogens with one attached hydrogen (secondary N) is 4. The lowest BCUT2D eigenvalue weighted by Crippen LogP contribution is -2.29. The van der Waals surface area contributed by atoms with Crippen LogP contribution in [0.3, 0.4) is 0 Å². The number of hydrogen-bond acceptors (Lipinski definition) is 7. The van der Waals surface area contributed by atoms with E-state index in [0.29, 0.717) is 18.1 Å². The lowest BCUT2D eigenvalue weighted by atomic mass is 9.97. The molecule has 0 aliphatic carbocycles. The minimum Gasteiger partial charge on any atom is -0.337 e. The average Bonchev–Trinajstić information content (AvgIpc) is 3.38. The Labute approximate surface area is 267 Å². The SMILES string of the molecule is CC(C)C(=O)Nc1cncc(-c2ccc3c(c2)C(c2nc4c(-c5cc(F)cc(CN6CCCCC6)c5)cncc4[nH]2)=CCNN3)c1. The highest BCUT2D eigenvalue weighted by Crippen LogP contribution is 2.36. The van der Waals surface area contributed by atoms with Crippen molar-refractivity contribution in [2.45, 2.75) is 39.7 Å². The van der Waals surface area contributed by atoms with E-state index in [1.54, 1.807) is 36.9 Å². The third-order valence-electron chi connectivity index (χ3n) is 8.58. The van der Waals surface area contributed by atoms with E-state index in [2.05, 4.69) is 54.2 Å². The van der Waals surface area contributed by atoms with E-state index in [9.17, 15) is 9.18 Å². The van der Waals surface area contributed by atoms with Crippen LogP contribution in [0.2, 0.25) is 0 Å². The molecule has 0 saturated carbocycles. The fourth-order valence-corrected chi connectivity index (χ4v) is 6.19. The van der Waals surface area contributed by atoms with Crippen molar-refractivity contribution >= 4 is 33.9 Å². The Bertz CT molecular complexity index is 1940. The Kier molecular flexibility index (Phi) is 8.30. The smallest absolute Gasteiger partial charge is 0.226 e. The molecule has 5 heterocycles. The van der Waals surface area contributed by atoms with E-state index in [0.717, 1.165) is 75.3 Å². The number of pyridine rings is 2. The van der Waals surface area contributed by atoms with Crippen LogP contribution in [-0.4, -0.2) is 50.4 Å². The molecule has 2 aliphatic heterocycles. The summed E-state index contributed by atoms with van der Waals surface area (Å²) in [5.41, 5.74) is 15.8. The van der Waals surface area contributed by atoms with E-state index in [1.165, 1.54) is 19.3 Å². The van der Waals surface area contributed by atoms with Crippen LogP contribution in [0.5, 0.6) is 0 Å². The number of carbonyl (C=O) groups excluding carboxylic acids is 1. The molecular weight excluding hydrogens is 579 g/mol. The molecule has 46 heavy (non-hydrogen) atoms. The molecule has 2 aliphatic rings. The minimum absolute atomic E-state index is 0.0587. The molecule has 3 aromatic heterocycles. The number of carbonyl (C=O) groups is 1. The molecule has 10 heteroatoms. The summed E-state index contributed by atoms with van der Waals surface area (Å²) < 4.78 is 15.0. The van der Waals surface area contributed by atoms with E-state index in [4.69, 9.17) is 4.98 Å². The maximum atomic E-state index is 15.0. The van der Waals surface area contributed by atoms with Crippen molar-refractivity contribution in [2.75, 3.05) is 30.4 Å². The molecule has 1 amide bonds. The summed E-state index contributed by atoms with van der Waals surface area (Å²) in [6.45, 7) is 7.11. The summed E-state index contributed by atoms with van der Waals surface area (Å²) in [7, 11) is 0. The van der Waals surface area contributed by atoms with Crippen molar-refractivity contribution < 1.29 is 9.18 Å². The molecule has 234 valence electrons. The maximum absolute atomic E-state index is 15.0. The molecule has 0 bridgehead atoms. The number of imidazole rings is 1. The van der Waals surface area contributed by atoms with Gasteiger partial charge in [0, 0.05) is 53.7 Å². The topological polar surface area (TPSA) is 111 Å². The number of fused-ring (bicyclic) bond motifs is 2. The highest BCUT2D eigenvalue weighted by molar-refractivity contribution is 5.96. The zero-order valence-corrected chi connectivity index (χ0v) is 26.0. The lowest BCUT2D eigenvalue weighted by molar-refractivity contribution is -0.118. The van der Waals surface area contributed by atoms with Crippen LogP contribution in [0.4, 0.5) is 15.8 Å². The number of hydrogen-bond donors (Lipinski definition) is 4. The Morgan fingerprint density at radius 1 is 0.935 bits per heavy atom. The van der Waals surface area contributed by atoms with Crippen LogP contribution >= 0.6 is 0 Å². The molecule has 0 spiro atoms. The molecule has 0 atom stereocenters. The van der Waals surface area contributed by atoms with Gasteiger partial charge < -0.3 is 15.7 Å². The highest BCUT2D eigenvalue weighted by atomic mass is 19.1. The van der Waals surface area contributed by atoms with Gasteiger partial charge in [0.1, 0.15) is 11.6 Å². The number of halogens is 1. The predicted molar refractivity (Wildman–Crippen MR) is 180 cm³/mol. The normalized spacial score (nSPS) is 15.3. The summed E-state index contributed by atoms with van der Waals surface area (Å²) >= 11 is 0. The Morgan fingerprint density at radius 3 is 2.63 bits per heavy atom. The fraction of sp³-hybridized carbons (Fsp3) is 0.278. The number of amides is 1. The third-order valence-corrected chi connectivity index (χ3v) is 8.58. The molecule has 0 unspecified atom stereocenters. The molecule has 0 radical (unpaired) electrons. The molecule has 1 saturated heterocycles. The Morgan fingerprint density at radius 2 is 1.78 bits per heavy atom. The number of rotatable bonds is 7. The van der Waals surface area contributed by atoms with Crippen LogP contribution in [0.15, 0.2) is 73.3 Å². The first-order chi connectivity index (χ1) is 22.4. The molecule has 9 nitrogen and oxygen atoms in total. The second-order valence-electron chi connectivity index (χ2n) is 12.3. The number of aromatic amines is 1. The monoisotopic (exact) mass is 616 g/mol. The molecular formula is C36H37FN8O. The van der Waals surface area contributed by atoms with Gasteiger partial charge in [0.15, 0.2) is 0 Å². The van der Waals surface area contributed by atoms with E-state index in [-0.39, 0.29) is 17.6 Å². The molecule has 4 N–H and O–H groups in total. The van der Waals surface area contributed by atoms with Crippen molar-refractivity contribution in [1.29, 1.82) is 0 Å². The summed E-state index contributed by atoms with van der Waals surface area (Å²) in [6.07, 6.45) is 12.7. The number of nitrogens with zero attached hydrogens (tertiary/aromatic N) is 4. The number of aromatic nitrogens is 4. The molecule has 5 aromatic rings. The quantitative estimate of drug-likeness (QED) is 0.160. The van der Waals surface area contributed by atoms with Crippen molar-refractivity contribution in [3.63, 3.8) is 0 Å². The van der Waals surface area contributed by atoms with Gasteiger partial charge in [0.25, 0.3) is 0 Å². The first-order valence-electron chi connectivity index (χ1n) is 15.9. The van der Waals surface area contributed by atoms with E-state index >= 15 is 0 Å². The zero-order chi connectivity index (χ0) is 31.6. The molecule has 2 aromatic carbocycles. The van der Waals surface area contributed by atoms with Crippen LogP contribution in [0, 0.1) is 11.7 Å². The minimum atomic E-state index is -0.260. The van der Waals surface area contributed by atoms with Gasteiger partial charge in [-0.25, -0.2) is 14.8 Å². The van der Waals surface area contributed by atoms with Crippen LogP contribution in [0.25, 0.3) is 38.9 Å². The van der Waals surface area contributed by atoms with Crippen LogP contribution in [-0.2, 0) is 11.3 Å². The zero-order valence-electron chi connectivity index (χ0n) is 26.0. The number of benzene rings is 2. The molecule has 1 fully saturated rings. The highest BCUT2D eigenvalue weighted by Gasteiger charge is 2.20. The Balaban J connectivity index is 1.24. The summed E-state index contributed by atoms with van der Waals surface area (Å²) in [5.74, 6) is 0.236. The van der Waals surface area contributed by atoms with Crippen LogP contribution < -0.4 is 16.2 Å². The van der Waals surface area contributed by atoms with E-state index in [1.807, 2.05) is 32.0 Å². The van der Waals surface area contributed by atoms with Crippen molar-refractivity contribution in [1.82, 2.24) is 30.3 Å². The van der Waals surface area contributed by atoms with Gasteiger partial charge in [0.05, 0.1) is 34.8 Å². The van der Waals surface area contributed by atoms with Gasteiger partial charge in [-0.1, -0.05) is 32.4 Å². The van der Waals surface area contributed by atoms with Crippen LogP contribution in [0.1, 0.15) is 50.1 Å². The van der Waals surface area contributed by atoms with Gasteiger partial charge in [-0.15, -0.1) is 0 Å². The largest absolute Gasteiger partial charge is 0.337 e. The first kappa shape index (κ1) is 29.8. The second-order valence-corrected chi connectivity index (χ2v) is 12.3. The number of piperidine rings is 1. The number of likely N-dealkylation sites (tertiary alicyclic amines) is 1. The van der Waals surface area contributed by atoms with Gasteiger partial charge in [0.2, 0.25) is 5.91 Å². The maximum Gasteiger partial charge on any atom is 0.226 e. The van der Waals surface area contributed by atoms with Gasteiger partial charge in [-0.2, -0.15) is 0 Å². The Hall–Kier alpha value is -4.93. The summed E-state index contributed by atoms with van der Waals surface area (Å²) in [4.78, 5) is 32.1. The standard InChI is InChI=1S/C36H37FN8O/c1-22(2)36(46)41-28-15-26(17-38-18-28)24-6-7-32-30(16-24)29(8-9-40-44-32)35-42-33-20-39-19-31(34(33)43-35)25-12-23(13-27(37)14-25)21-45-10-4-3-5-11-45/h6-8,12-20,22,40,44H,3-5,9-11,21H2,1-2H3,(H,41,46)(H,42,43). The summed E-state index contributed by atoms with van der Waals surface area (Å²) in [5, 5.41) is 2.94. The fourth-order valence-electron chi connectivity index (χ4n) is 6.19. The number of hydrazine groups is 1. The van der Waals surface area contributed by atoms with Gasteiger partial charge in [-0.3, -0.25) is 19.7 Å². The summed E-state index contributed by atoms with van der Waals surface area (Å²) in [6, 6.07) is 13.3. The van der Waals surface area contributed by atoms with Crippen molar-refractivity contribution in [3.05, 3.63) is 96.1 Å². The average molecular weight is 617 g/mol. The van der Waals surface area contributed by atoms with Crippen molar-refractivity contribution in [2.24, 2.45) is 5.92 Å². The number of H-pyrrole nitrogens is 1. The number of anilines is 2. The van der Waals surface area contributed by atoms with Crippen molar-refractivity contribution in [3.8, 4) is 22.3 Å². The van der Waals surface area contributed by atoms with Gasteiger partial charge >= 0.3 is 0 Å². The predicted octanol–water partition coefficient (Wildman–Crippen LogP) is 6.77. The van der Waals surface area contributed by atoms with Gasteiger partial charge in [-0.05, 0) is 79.0 Å². The van der Waals surface area contributed by atoms with E-state index < -0.39 is 0 Å². The third kappa shape index (κ3) is 6.27.